The molecule has 0 bridgehead atoms. The number of nitrogens with zero attached hydrogens (tertiary/aromatic N) is 1. The number of hydrogen-bond donors (Lipinski definition) is 3. The van der Waals surface area contributed by atoms with Crippen LogP contribution in [0, 0.1) is 0 Å². The number of hydrazone groups is 1. The molecule has 1 unspecified atom stereocenters. The van der Waals surface area contributed by atoms with Gasteiger partial charge in [-0.3, -0.25) is 10.1 Å². The third-order valence-electron chi connectivity index (χ3n) is 3.96. The summed E-state index contributed by atoms with van der Waals surface area (Å²) in [5.74, 6) is -0.207. The van der Waals surface area contributed by atoms with Crippen molar-refractivity contribution < 1.29 is 14.3 Å². The van der Waals surface area contributed by atoms with Crippen molar-refractivity contribution in [2.24, 2.45) is 5.10 Å². The maximum absolute atomic E-state index is 12.8. The molecule has 2 heterocycles. The third-order valence-corrected chi connectivity index (χ3v) is 3.96. The molecule has 0 saturated heterocycles. The van der Waals surface area contributed by atoms with Crippen molar-refractivity contribution in [1.82, 2.24) is 16.1 Å². The highest BCUT2D eigenvalue weighted by molar-refractivity contribution is 6.13. The second kappa shape index (κ2) is 5.81. The van der Waals surface area contributed by atoms with E-state index in [1.54, 1.807) is 33.1 Å². The molecule has 1 amide bonds. The summed E-state index contributed by atoms with van der Waals surface area (Å²) in [7, 11) is 0. The Hall–Kier alpha value is -2.57. The molecule has 0 aromatic carbocycles. The van der Waals surface area contributed by atoms with Gasteiger partial charge in [0.25, 0.3) is 0 Å². The summed E-state index contributed by atoms with van der Waals surface area (Å²) in [4.78, 5) is 24.8. The number of ether oxygens (including phenoxy) is 1. The molecule has 3 N–H and O–H groups in total. The van der Waals surface area contributed by atoms with E-state index in [0.717, 1.165) is 23.3 Å². The van der Waals surface area contributed by atoms with Gasteiger partial charge in [-0.1, -0.05) is 6.92 Å². The Morgan fingerprint density at radius 3 is 2.88 bits per heavy atom. The molecule has 24 heavy (non-hydrogen) atoms. The zero-order valence-corrected chi connectivity index (χ0v) is 14.3. The minimum atomic E-state index is -0.633. The number of nitrogens with one attached hydrogen (secondary N) is 3. The highest BCUT2D eigenvalue weighted by Crippen LogP contribution is 2.34. The van der Waals surface area contributed by atoms with E-state index in [0.29, 0.717) is 12.1 Å². The van der Waals surface area contributed by atoms with Crippen LogP contribution in [0.4, 0.5) is 4.79 Å². The average molecular weight is 330 g/mol. The normalized spacial score (nSPS) is 22.4. The summed E-state index contributed by atoms with van der Waals surface area (Å²) in [6.07, 6.45) is 3.67. The molecule has 3 aliphatic rings. The van der Waals surface area contributed by atoms with Gasteiger partial charge in [-0.05, 0) is 38.8 Å². The molecule has 7 heteroatoms. The molecular formula is C17H22N4O3. The van der Waals surface area contributed by atoms with E-state index in [-0.39, 0.29) is 17.5 Å². The van der Waals surface area contributed by atoms with Gasteiger partial charge in [-0.2, -0.15) is 5.10 Å². The van der Waals surface area contributed by atoms with Crippen LogP contribution in [-0.4, -0.2) is 36.3 Å². The Balaban J connectivity index is 1.88. The molecular weight excluding hydrogens is 308 g/mol. The molecule has 0 fully saturated rings. The summed E-state index contributed by atoms with van der Waals surface area (Å²) in [6, 6.07) is -0.140. The first-order valence-electron chi connectivity index (χ1n) is 8.05. The first-order chi connectivity index (χ1) is 11.3. The highest BCUT2D eigenvalue weighted by Gasteiger charge is 2.37. The molecule has 1 atom stereocenters. The molecule has 7 nitrogen and oxygen atoms in total. The van der Waals surface area contributed by atoms with Crippen molar-refractivity contribution >= 4 is 18.1 Å². The number of ketones is 1. The first-order valence-corrected chi connectivity index (χ1v) is 8.05. The second-order valence-electron chi connectivity index (χ2n) is 6.89. The van der Waals surface area contributed by atoms with Crippen LogP contribution in [0.1, 0.15) is 34.1 Å². The van der Waals surface area contributed by atoms with Gasteiger partial charge in [0.15, 0.2) is 0 Å². The number of amides is 1. The van der Waals surface area contributed by atoms with E-state index in [2.05, 4.69) is 21.2 Å². The van der Waals surface area contributed by atoms with Gasteiger partial charge in [0.05, 0.1) is 24.5 Å². The van der Waals surface area contributed by atoms with Crippen LogP contribution < -0.4 is 16.1 Å². The average Bonchev–Trinajstić information content (AvgIpc) is 2.67. The Bertz CT molecular complexity index is 723. The van der Waals surface area contributed by atoms with Crippen LogP contribution in [0.5, 0.6) is 0 Å². The fraction of sp³-hybridized carbons (Fsp3) is 0.471. The summed E-state index contributed by atoms with van der Waals surface area (Å²) in [6.45, 7) is 7.71. The van der Waals surface area contributed by atoms with Crippen LogP contribution in [0.25, 0.3) is 0 Å². The zero-order valence-electron chi connectivity index (χ0n) is 14.3. The predicted octanol–water partition coefficient (Wildman–Crippen LogP) is 1.50. The molecule has 0 saturated carbocycles. The molecule has 3 rings (SSSR count). The summed E-state index contributed by atoms with van der Waals surface area (Å²) < 4.78 is 5.24. The minimum absolute atomic E-state index is 0.140. The van der Waals surface area contributed by atoms with Crippen molar-refractivity contribution in [3.63, 3.8) is 0 Å². The first kappa shape index (κ1) is 16.3. The van der Waals surface area contributed by atoms with Crippen LogP contribution in [0.2, 0.25) is 0 Å². The molecule has 2 aliphatic heterocycles. The van der Waals surface area contributed by atoms with Crippen LogP contribution in [0.15, 0.2) is 39.3 Å². The van der Waals surface area contributed by atoms with Gasteiger partial charge >= 0.3 is 6.09 Å². The second-order valence-corrected chi connectivity index (χ2v) is 6.89. The lowest BCUT2D eigenvalue weighted by Crippen LogP contribution is -2.39. The maximum Gasteiger partial charge on any atom is 0.412 e. The standard InChI is InChI=1S/C17H22N4O3/c1-5-11-9-7-18-19-8-10-14(9)12(20-11)6-13(15(10)22)21-16(23)24-17(2,3)4/h6-7,12,19-20H,5,8H2,1-4H3,(H,21,23). The van der Waals surface area contributed by atoms with E-state index in [9.17, 15) is 9.59 Å². The van der Waals surface area contributed by atoms with Gasteiger partial charge in [-0.15, -0.1) is 0 Å². The lowest BCUT2D eigenvalue weighted by atomic mass is 9.87. The number of rotatable bonds is 2. The molecule has 0 spiro atoms. The Labute approximate surface area is 140 Å². The minimum Gasteiger partial charge on any atom is -0.444 e. The van der Waals surface area contributed by atoms with Crippen LogP contribution >= 0.6 is 0 Å². The van der Waals surface area contributed by atoms with E-state index in [1.807, 2.05) is 6.92 Å². The van der Waals surface area contributed by atoms with Crippen molar-refractivity contribution in [1.29, 1.82) is 0 Å². The quantitative estimate of drug-likeness (QED) is 0.714. The number of carbonyl (C=O) groups excluding carboxylic acids is 2. The number of Topliss-reactive ketones (excluding diaryl/α,β-unsaturated/α-hetero) is 1. The topological polar surface area (TPSA) is 91.8 Å². The van der Waals surface area contributed by atoms with Crippen molar-refractivity contribution in [2.45, 2.75) is 45.8 Å². The highest BCUT2D eigenvalue weighted by atomic mass is 16.6. The molecule has 128 valence electrons. The summed E-state index contributed by atoms with van der Waals surface area (Å²) in [5.41, 5.74) is 6.06. The Morgan fingerprint density at radius 1 is 1.46 bits per heavy atom. The third kappa shape index (κ3) is 2.93. The zero-order chi connectivity index (χ0) is 17.5. The Morgan fingerprint density at radius 2 is 2.21 bits per heavy atom. The van der Waals surface area contributed by atoms with Gasteiger partial charge in [-0.25, -0.2) is 4.79 Å². The van der Waals surface area contributed by atoms with Crippen molar-refractivity contribution in [3.05, 3.63) is 34.2 Å². The monoisotopic (exact) mass is 330 g/mol. The largest absolute Gasteiger partial charge is 0.444 e. The Kier molecular flexibility index (Phi) is 3.95. The lowest BCUT2D eigenvalue weighted by Gasteiger charge is -2.24. The van der Waals surface area contributed by atoms with Crippen molar-refractivity contribution in [3.8, 4) is 0 Å². The van der Waals surface area contributed by atoms with E-state index < -0.39 is 11.7 Å². The van der Waals surface area contributed by atoms with E-state index in [4.69, 9.17) is 4.74 Å². The molecule has 1 aliphatic carbocycles. The van der Waals surface area contributed by atoms with Crippen LogP contribution in [-0.2, 0) is 9.53 Å². The summed E-state index contributed by atoms with van der Waals surface area (Å²) in [5, 5.41) is 10.1. The number of allylic oxidation sites excluding steroid dienone is 2. The van der Waals surface area contributed by atoms with E-state index in [1.165, 1.54) is 0 Å². The SMILES string of the molecule is CCC1=C2C=NNCC3=C2C(C=C(NC(=O)OC(C)(C)C)C3=O)N1. The molecule has 0 aromatic rings. The number of alkyl carbamates (subject to hydrolysis) is 1. The van der Waals surface area contributed by atoms with Crippen molar-refractivity contribution in [2.75, 3.05) is 6.54 Å². The predicted molar refractivity (Wildman–Crippen MR) is 90.2 cm³/mol. The van der Waals surface area contributed by atoms with Gasteiger partial charge in [0.1, 0.15) is 5.60 Å². The maximum atomic E-state index is 12.8. The van der Waals surface area contributed by atoms with E-state index >= 15 is 0 Å². The van der Waals surface area contributed by atoms with Gasteiger partial charge in [0.2, 0.25) is 5.78 Å². The smallest absolute Gasteiger partial charge is 0.412 e. The number of carbonyl (C=O) groups is 2. The lowest BCUT2D eigenvalue weighted by molar-refractivity contribution is -0.112. The number of hydrogen-bond acceptors (Lipinski definition) is 6. The fourth-order valence-electron chi connectivity index (χ4n) is 3.03. The van der Waals surface area contributed by atoms with Gasteiger partial charge < -0.3 is 15.5 Å². The van der Waals surface area contributed by atoms with Gasteiger partial charge in [0, 0.05) is 16.8 Å². The fourth-order valence-corrected chi connectivity index (χ4v) is 3.03. The van der Waals surface area contributed by atoms with Crippen LogP contribution in [0.3, 0.4) is 0 Å². The molecule has 0 radical (unpaired) electrons. The molecule has 0 aromatic heterocycles. The summed E-state index contributed by atoms with van der Waals surface area (Å²) >= 11 is 0.